The molecule has 2 aliphatic rings. The van der Waals surface area contributed by atoms with Gasteiger partial charge in [-0.2, -0.15) is 0 Å². The van der Waals surface area contributed by atoms with Gasteiger partial charge in [0.2, 0.25) is 0 Å². The van der Waals surface area contributed by atoms with Crippen molar-refractivity contribution in [1.29, 1.82) is 0 Å². The molecule has 1 aromatic heterocycles. The number of amides is 1. The number of carbonyl (C=O) groups is 2. The van der Waals surface area contributed by atoms with Crippen LogP contribution in [0.15, 0.2) is 30.3 Å². The zero-order valence-electron chi connectivity index (χ0n) is 15.3. The molecule has 1 amide bonds. The molecule has 26 heavy (non-hydrogen) atoms. The summed E-state index contributed by atoms with van der Waals surface area (Å²) in [7, 11) is 1.40. The first-order valence-electron chi connectivity index (χ1n) is 9.37. The molecule has 0 N–H and O–H groups in total. The Morgan fingerprint density at radius 2 is 1.96 bits per heavy atom. The van der Waals surface area contributed by atoms with Crippen molar-refractivity contribution in [3.8, 4) is 0 Å². The lowest BCUT2D eigenvalue weighted by atomic mass is 9.84. The number of rotatable bonds is 2. The van der Waals surface area contributed by atoms with E-state index in [-0.39, 0.29) is 17.9 Å². The number of carbonyl (C=O) groups excluding carboxylic acids is 2. The van der Waals surface area contributed by atoms with Crippen molar-refractivity contribution >= 4 is 22.8 Å². The fourth-order valence-electron chi connectivity index (χ4n) is 4.72. The number of hydrogen-bond donors (Lipinski definition) is 0. The van der Waals surface area contributed by atoms with Crippen LogP contribution in [0.5, 0.6) is 0 Å². The molecule has 3 atom stereocenters. The molecule has 2 heterocycles. The molecule has 1 aliphatic carbocycles. The van der Waals surface area contributed by atoms with Gasteiger partial charge in [0.05, 0.1) is 18.2 Å². The Hall–Kier alpha value is -2.43. The van der Waals surface area contributed by atoms with Gasteiger partial charge in [-0.1, -0.05) is 31.0 Å². The smallest absolute Gasteiger partial charge is 0.328 e. The second-order valence-corrected chi connectivity index (χ2v) is 7.43. The Labute approximate surface area is 153 Å². The van der Waals surface area contributed by atoms with E-state index < -0.39 is 6.04 Å². The van der Waals surface area contributed by atoms with Crippen LogP contribution in [0.1, 0.15) is 48.2 Å². The van der Waals surface area contributed by atoms with Crippen LogP contribution in [0.3, 0.4) is 0 Å². The quantitative estimate of drug-likeness (QED) is 0.776. The van der Waals surface area contributed by atoms with E-state index in [2.05, 4.69) is 4.98 Å². The van der Waals surface area contributed by atoms with Gasteiger partial charge >= 0.3 is 5.97 Å². The first kappa shape index (κ1) is 17.0. The Kier molecular flexibility index (Phi) is 4.39. The molecule has 1 saturated heterocycles. The number of pyridine rings is 1. The molecule has 0 bridgehead atoms. The van der Waals surface area contributed by atoms with Gasteiger partial charge in [-0.05, 0) is 44.2 Å². The van der Waals surface area contributed by atoms with Crippen molar-refractivity contribution in [3.63, 3.8) is 0 Å². The maximum absolute atomic E-state index is 13.6. The number of aryl methyl sites for hydroxylation is 1. The van der Waals surface area contributed by atoms with Gasteiger partial charge in [-0.15, -0.1) is 0 Å². The van der Waals surface area contributed by atoms with Crippen molar-refractivity contribution in [2.24, 2.45) is 5.92 Å². The molecule has 4 rings (SSSR count). The summed E-state index contributed by atoms with van der Waals surface area (Å²) in [5, 5.41) is 0.839. The highest BCUT2D eigenvalue weighted by Gasteiger charge is 2.48. The molecular weight excluding hydrogens is 328 g/mol. The number of esters is 1. The molecular formula is C21H24N2O3. The van der Waals surface area contributed by atoms with Gasteiger partial charge in [-0.3, -0.25) is 9.78 Å². The highest BCUT2D eigenvalue weighted by molar-refractivity contribution is 6.07. The minimum atomic E-state index is -0.479. The number of hydrogen-bond acceptors (Lipinski definition) is 4. The van der Waals surface area contributed by atoms with Crippen LogP contribution in [0.25, 0.3) is 10.9 Å². The van der Waals surface area contributed by atoms with Crippen molar-refractivity contribution in [2.75, 3.05) is 7.11 Å². The van der Waals surface area contributed by atoms with Crippen LogP contribution in [0.2, 0.25) is 0 Å². The molecule has 5 heteroatoms. The van der Waals surface area contributed by atoms with E-state index in [1.807, 2.05) is 42.2 Å². The maximum atomic E-state index is 13.6. The van der Waals surface area contributed by atoms with Crippen LogP contribution in [-0.4, -0.2) is 41.0 Å². The number of likely N-dealkylation sites (tertiary alicyclic amines) is 1. The summed E-state index contributed by atoms with van der Waals surface area (Å²) in [5.41, 5.74) is 2.25. The number of fused-ring (bicyclic) bond motifs is 2. The fourth-order valence-corrected chi connectivity index (χ4v) is 4.72. The third-order valence-electron chi connectivity index (χ3n) is 5.87. The first-order chi connectivity index (χ1) is 12.6. The molecule has 2 fully saturated rings. The molecule has 3 unspecified atom stereocenters. The van der Waals surface area contributed by atoms with Crippen LogP contribution in [-0.2, 0) is 9.53 Å². The average molecular weight is 352 g/mol. The van der Waals surface area contributed by atoms with Crippen LogP contribution in [0.4, 0.5) is 0 Å². The number of aromatic nitrogens is 1. The van der Waals surface area contributed by atoms with Gasteiger partial charge in [0, 0.05) is 17.1 Å². The second-order valence-electron chi connectivity index (χ2n) is 7.43. The highest BCUT2D eigenvalue weighted by Crippen LogP contribution is 2.41. The summed E-state index contributed by atoms with van der Waals surface area (Å²) in [6.45, 7) is 1.90. The van der Waals surface area contributed by atoms with Gasteiger partial charge in [-0.25, -0.2) is 4.79 Å². The number of methoxy groups -OCH3 is 1. The second kappa shape index (κ2) is 6.71. The van der Waals surface area contributed by atoms with Gasteiger partial charge < -0.3 is 9.64 Å². The minimum Gasteiger partial charge on any atom is -0.467 e. The predicted octanol–water partition coefficient (Wildman–Crippen LogP) is 3.49. The predicted molar refractivity (Wildman–Crippen MR) is 98.8 cm³/mol. The zero-order chi connectivity index (χ0) is 18.3. The largest absolute Gasteiger partial charge is 0.467 e. The Morgan fingerprint density at radius 1 is 1.19 bits per heavy atom. The monoisotopic (exact) mass is 352 g/mol. The molecule has 1 aromatic carbocycles. The van der Waals surface area contributed by atoms with E-state index in [0.29, 0.717) is 17.9 Å². The van der Waals surface area contributed by atoms with Crippen molar-refractivity contribution < 1.29 is 14.3 Å². The normalized spacial score (nSPS) is 25.2. The average Bonchev–Trinajstić information content (AvgIpc) is 3.05. The Balaban J connectivity index is 1.79. The number of para-hydroxylation sites is 1. The van der Waals surface area contributed by atoms with Crippen LogP contribution < -0.4 is 0 Å². The standard InChI is InChI=1S/C21H24N2O3/c1-13-11-16(15-8-4-5-9-17(15)22-13)20(24)23-18-10-6-3-7-14(18)12-19(23)21(25)26-2/h4-5,8-9,11,14,18-19H,3,6-7,10,12H2,1-2H3. The van der Waals surface area contributed by atoms with E-state index in [1.165, 1.54) is 13.5 Å². The maximum Gasteiger partial charge on any atom is 0.328 e. The van der Waals surface area contributed by atoms with Crippen LogP contribution >= 0.6 is 0 Å². The lowest BCUT2D eigenvalue weighted by Gasteiger charge is -2.33. The lowest BCUT2D eigenvalue weighted by Crippen LogP contribution is -2.46. The summed E-state index contributed by atoms with van der Waals surface area (Å²) in [6, 6.07) is 9.19. The summed E-state index contributed by atoms with van der Waals surface area (Å²) < 4.78 is 5.02. The molecule has 2 aromatic rings. The van der Waals surface area contributed by atoms with Gasteiger partial charge in [0.15, 0.2) is 0 Å². The first-order valence-corrected chi connectivity index (χ1v) is 9.37. The Morgan fingerprint density at radius 3 is 2.77 bits per heavy atom. The molecule has 1 saturated carbocycles. The third kappa shape index (κ3) is 2.75. The third-order valence-corrected chi connectivity index (χ3v) is 5.87. The highest BCUT2D eigenvalue weighted by atomic mass is 16.5. The van der Waals surface area contributed by atoms with E-state index in [4.69, 9.17) is 4.74 Å². The zero-order valence-corrected chi connectivity index (χ0v) is 15.3. The summed E-state index contributed by atoms with van der Waals surface area (Å²) in [5.74, 6) is 0.0188. The van der Waals surface area contributed by atoms with Crippen molar-refractivity contribution in [1.82, 2.24) is 9.88 Å². The molecule has 5 nitrogen and oxygen atoms in total. The lowest BCUT2D eigenvalue weighted by molar-refractivity contribution is -0.145. The molecule has 0 spiro atoms. The van der Waals surface area contributed by atoms with E-state index >= 15 is 0 Å². The summed E-state index contributed by atoms with van der Waals surface area (Å²) >= 11 is 0. The van der Waals surface area contributed by atoms with Crippen molar-refractivity contribution in [3.05, 3.63) is 41.6 Å². The minimum absolute atomic E-state index is 0.0727. The number of nitrogens with zero attached hydrogens (tertiary/aromatic N) is 2. The van der Waals surface area contributed by atoms with Gasteiger partial charge in [0.1, 0.15) is 6.04 Å². The van der Waals surface area contributed by atoms with Crippen molar-refractivity contribution in [2.45, 2.75) is 51.1 Å². The van der Waals surface area contributed by atoms with Crippen LogP contribution in [0, 0.1) is 12.8 Å². The number of benzene rings is 1. The fraction of sp³-hybridized carbons (Fsp3) is 0.476. The SMILES string of the molecule is COC(=O)C1CC2CCCCC2N1C(=O)c1cc(C)nc2ccccc12. The van der Waals surface area contributed by atoms with Gasteiger partial charge in [0.25, 0.3) is 5.91 Å². The molecule has 0 radical (unpaired) electrons. The Bertz CT molecular complexity index is 863. The molecule has 136 valence electrons. The van der Waals surface area contributed by atoms with E-state index in [1.54, 1.807) is 0 Å². The topological polar surface area (TPSA) is 59.5 Å². The summed E-state index contributed by atoms with van der Waals surface area (Å²) in [4.78, 5) is 32.3. The van der Waals surface area contributed by atoms with E-state index in [9.17, 15) is 9.59 Å². The molecule has 1 aliphatic heterocycles. The number of ether oxygens (including phenoxy) is 1. The van der Waals surface area contributed by atoms with E-state index in [0.717, 1.165) is 35.9 Å². The summed E-state index contributed by atoms with van der Waals surface area (Å²) in [6.07, 6.45) is 5.04.